The molecule has 1 heterocycles. The third kappa shape index (κ3) is 1.12. The van der Waals surface area contributed by atoms with Gasteiger partial charge < -0.3 is 5.32 Å². The zero-order chi connectivity index (χ0) is 9.42. The van der Waals surface area contributed by atoms with Crippen molar-refractivity contribution in [1.82, 2.24) is 0 Å². The predicted octanol–water partition coefficient (Wildman–Crippen LogP) is 1.70. The van der Waals surface area contributed by atoms with E-state index >= 15 is 0 Å². The van der Waals surface area contributed by atoms with Crippen molar-refractivity contribution in [3.05, 3.63) is 33.6 Å². The number of fused-ring (bicyclic) bond motifs is 1. The maximum atomic E-state index is 13.3. The molecule has 13 heavy (non-hydrogen) atoms. The first-order valence-electron chi connectivity index (χ1n) is 3.90. The minimum Gasteiger partial charge on any atom is -0.384 e. The summed E-state index contributed by atoms with van der Waals surface area (Å²) in [6.07, 6.45) is 0.517. The number of nitro groups is 1. The van der Waals surface area contributed by atoms with Gasteiger partial charge in [0.1, 0.15) is 0 Å². The van der Waals surface area contributed by atoms with Gasteiger partial charge in [0.05, 0.1) is 4.92 Å². The predicted molar refractivity (Wildman–Crippen MR) is 45.2 cm³/mol. The summed E-state index contributed by atoms with van der Waals surface area (Å²) in [5, 5.41) is 13.3. The van der Waals surface area contributed by atoms with E-state index < -0.39 is 16.4 Å². The van der Waals surface area contributed by atoms with Crippen LogP contribution in [0.1, 0.15) is 5.56 Å². The van der Waals surface area contributed by atoms with Crippen LogP contribution in [-0.2, 0) is 6.42 Å². The Balaban J connectivity index is 2.59. The fourth-order valence-corrected chi connectivity index (χ4v) is 1.48. The summed E-state index contributed by atoms with van der Waals surface area (Å²) in [6.45, 7) is 0.646. The van der Waals surface area contributed by atoms with E-state index in [0.717, 1.165) is 0 Å². The lowest BCUT2D eigenvalue weighted by Crippen LogP contribution is -1.95. The van der Waals surface area contributed by atoms with Crippen LogP contribution in [0.5, 0.6) is 0 Å². The summed E-state index contributed by atoms with van der Waals surface area (Å²) in [7, 11) is 0. The van der Waals surface area contributed by atoms with Crippen LogP contribution in [0, 0.1) is 15.9 Å². The molecule has 2 rings (SSSR count). The van der Waals surface area contributed by atoms with Crippen LogP contribution in [0.25, 0.3) is 0 Å². The average molecular weight is 182 g/mol. The van der Waals surface area contributed by atoms with E-state index in [4.69, 9.17) is 0 Å². The SMILES string of the molecule is O=[N+]([O-])c1ccc2c(c1F)CCN2. The minimum atomic E-state index is -0.701. The zero-order valence-corrected chi connectivity index (χ0v) is 6.71. The van der Waals surface area contributed by atoms with Crippen molar-refractivity contribution >= 4 is 11.4 Å². The first-order chi connectivity index (χ1) is 6.20. The van der Waals surface area contributed by atoms with Gasteiger partial charge in [-0.2, -0.15) is 4.39 Å². The van der Waals surface area contributed by atoms with Gasteiger partial charge in [0.15, 0.2) is 0 Å². The molecule has 1 N–H and O–H groups in total. The van der Waals surface area contributed by atoms with Gasteiger partial charge in [-0.15, -0.1) is 0 Å². The summed E-state index contributed by atoms with van der Waals surface area (Å²) in [6, 6.07) is 2.73. The van der Waals surface area contributed by atoms with Crippen molar-refractivity contribution in [2.75, 3.05) is 11.9 Å². The number of nitrogens with zero attached hydrogens (tertiary/aromatic N) is 1. The maximum absolute atomic E-state index is 13.3. The molecule has 5 heteroatoms. The van der Waals surface area contributed by atoms with Gasteiger partial charge in [0, 0.05) is 23.9 Å². The third-order valence-electron chi connectivity index (χ3n) is 2.11. The Labute approximate surface area is 73.5 Å². The van der Waals surface area contributed by atoms with Gasteiger partial charge >= 0.3 is 5.69 Å². The second-order valence-corrected chi connectivity index (χ2v) is 2.86. The second-order valence-electron chi connectivity index (χ2n) is 2.86. The first kappa shape index (κ1) is 7.97. The van der Waals surface area contributed by atoms with E-state index in [1.807, 2.05) is 0 Å². The molecule has 0 saturated heterocycles. The second kappa shape index (κ2) is 2.69. The average Bonchev–Trinajstić information content (AvgIpc) is 2.52. The summed E-state index contributed by atoms with van der Waals surface area (Å²) in [5.41, 5.74) is 0.653. The molecular formula is C8H7FN2O2. The van der Waals surface area contributed by atoms with Crippen LogP contribution in [0.3, 0.4) is 0 Å². The molecule has 0 saturated carbocycles. The molecule has 0 bridgehead atoms. The van der Waals surface area contributed by atoms with E-state index in [9.17, 15) is 14.5 Å². The molecule has 1 aromatic rings. The molecule has 1 aliphatic rings. The Morgan fingerprint density at radius 2 is 2.31 bits per heavy atom. The number of nitro benzene ring substituents is 1. The van der Waals surface area contributed by atoms with Gasteiger partial charge in [-0.25, -0.2) is 0 Å². The number of halogens is 1. The highest BCUT2D eigenvalue weighted by atomic mass is 19.1. The maximum Gasteiger partial charge on any atom is 0.305 e. The number of nitrogens with one attached hydrogen (secondary N) is 1. The van der Waals surface area contributed by atoms with Crippen molar-refractivity contribution in [2.24, 2.45) is 0 Å². The van der Waals surface area contributed by atoms with Crippen molar-refractivity contribution in [3.8, 4) is 0 Å². The minimum absolute atomic E-state index is 0.425. The lowest BCUT2D eigenvalue weighted by Gasteiger charge is -2.00. The highest BCUT2D eigenvalue weighted by molar-refractivity contribution is 5.60. The fourth-order valence-electron chi connectivity index (χ4n) is 1.48. The van der Waals surface area contributed by atoms with Gasteiger partial charge in [-0.1, -0.05) is 0 Å². The third-order valence-corrected chi connectivity index (χ3v) is 2.11. The lowest BCUT2D eigenvalue weighted by molar-refractivity contribution is -0.387. The Bertz CT molecular complexity index is 379. The topological polar surface area (TPSA) is 55.2 Å². The van der Waals surface area contributed by atoms with Gasteiger partial charge in [0.2, 0.25) is 5.82 Å². The smallest absolute Gasteiger partial charge is 0.305 e. The molecule has 0 aliphatic carbocycles. The monoisotopic (exact) mass is 182 g/mol. The number of rotatable bonds is 1. The highest BCUT2D eigenvalue weighted by Crippen LogP contribution is 2.30. The molecule has 0 unspecified atom stereocenters. The number of anilines is 1. The molecule has 4 nitrogen and oxygen atoms in total. The van der Waals surface area contributed by atoms with Gasteiger partial charge in [0.25, 0.3) is 0 Å². The van der Waals surface area contributed by atoms with Gasteiger partial charge in [-0.3, -0.25) is 10.1 Å². The fraction of sp³-hybridized carbons (Fsp3) is 0.250. The summed E-state index contributed by atoms with van der Waals surface area (Å²) < 4.78 is 13.3. The van der Waals surface area contributed by atoms with Crippen molar-refractivity contribution < 1.29 is 9.31 Å². The molecular weight excluding hydrogens is 175 g/mol. The summed E-state index contributed by atoms with van der Waals surface area (Å²) in [5.74, 6) is -0.701. The van der Waals surface area contributed by atoms with Crippen LogP contribution in [-0.4, -0.2) is 11.5 Å². The van der Waals surface area contributed by atoms with Crippen LogP contribution < -0.4 is 5.32 Å². The zero-order valence-electron chi connectivity index (χ0n) is 6.71. The standard InChI is InChI=1S/C8H7FN2O2/c9-8-5-3-4-10-6(5)1-2-7(8)11(12)13/h1-2,10H,3-4H2. The van der Waals surface area contributed by atoms with E-state index in [0.29, 0.717) is 24.2 Å². The van der Waals surface area contributed by atoms with Crippen LogP contribution in [0.4, 0.5) is 15.8 Å². The summed E-state index contributed by atoms with van der Waals surface area (Å²) in [4.78, 5) is 9.67. The normalized spacial score (nSPS) is 13.6. The van der Waals surface area contributed by atoms with Crippen LogP contribution in [0.2, 0.25) is 0 Å². The Kier molecular flexibility index (Phi) is 1.65. The van der Waals surface area contributed by atoms with Crippen LogP contribution in [0.15, 0.2) is 12.1 Å². The van der Waals surface area contributed by atoms with Crippen LogP contribution >= 0.6 is 0 Å². The molecule has 0 fully saturated rings. The van der Waals surface area contributed by atoms with Gasteiger partial charge in [-0.05, 0) is 12.5 Å². The molecule has 0 radical (unpaired) electrons. The Morgan fingerprint density at radius 1 is 1.54 bits per heavy atom. The molecule has 0 atom stereocenters. The lowest BCUT2D eigenvalue weighted by atomic mass is 10.1. The molecule has 0 spiro atoms. The van der Waals surface area contributed by atoms with Crippen molar-refractivity contribution in [3.63, 3.8) is 0 Å². The molecule has 0 amide bonds. The highest BCUT2D eigenvalue weighted by Gasteiger charge is 2.23. The number of hydrogen-bond acceptors (Lipinski definition) is 3. The molecule has 0 aromatic heterocycles. The molecule has 1 aromatic carbocycles. The van der Waals surface area contributed by atoms with Crippen molar-refractivity contribution in [2.45, 2.75) is 6.42 Å². The Hall–Kier alpha value is -1.65. The molecule has 1 aliphatic heterocycles. The summed E-state index contributed by atoms with van der Waals surface area (Å²) >= 11 is 0. The quantitative estimate of drug-likeness (QED) is 0.531. The van der Waals surface area contributed by atoms with E-state index in [-0.39, 0.29) is 0 Å². The first-order valence-corrected chi connectivity index (χ1v) is 3.90. The largest absolute Gasteiger partial charge is 0.384 e. The molecule has 68 valence electrons. The van der Waals surface area contributed by atoms with E-state index in [2.05, 4.69) is 5.32 Å². The number of hydrogen-bond donors (Lipinski definition) is 1. The Morgan fingerprint density at radius 3 is 3.00 bits per heavy atom. The van der Waals surface area contributed by atoms with Crippen molar-refractivity contribution in [1.29, 1.82) is 0 Å². The number of benzene rings is 1. The van der Waals surface area contributed by atoms with E-state index in [1.165, 1.54) is 6.07 Å². The van der Waals surface area contributed by atoms with E-state index in [1.54, 1.807) is 6.07 Å².